The van der Waals surface area contributed by atoms with E-state index in [0.717, 1.165) is 4.31 Å². The number of nitrogens with zero attached hydrogens (tertiary/aromatic N) is 3. The highest BCUT2D eigenvalue weighted by Gasteiger charge is 2.29. The Morgan fingerprint density at radius 3 is 2.09 bits per heavy atom. The average molecular weight is 370 g/mol. The molecule has 1 unspecified atom stereocenters. The molecule has 2 aliphatic heterocycles. The Balaban J connectivity index is 0.000000175. The number of amides is 1. The molecule has 2 aliphatic rings. The summed E-state index contributed by atoms with van der Waals surface area (Å²) in [5.74, 6) is -0.0571. The summed E-state index contributed by atoms with van der Waals surface area (Å²) in [6, 6.07) is 0. The topological polar surface area (TPSA) is 176 Å². The van der Waals surface area contributed by atoms with E-state index in [2.05, 4.69) is 28.8 Å². The van der Waals surface area contributed by atoms with Crippen molar-refractivity contribution in [1.82, 2.24) is 24.7 Å². The van der Waals surface area contributed by atoms with Crippen LogP contribution in [0.1, 0.15) is 12.8 Å². The summed E-state index contributed by atoms with van der Waals surface area (Å²) in [5, 5.41) is 5.51. The quantitative estimate of drug-likeness (QED) is 0.445. The van der Waals surface area contributed by atoms with Gasteiger partial charge in [-0.05, 0) is 6.92 Å². The van der Waals surface area contributed by atoms with Crippen molar-refractivity contribution in [2.75, 3.05) is 13.6 Å². The zero-order chi connectivity index (χ0) is 17.6. The Bertz CT molecular complexity index is 766. The van der Waals surface area contributed by atoms with E-state index >= 15 is 0 Å². The number of rotatable bonds is 0. The number of amidine groups is 1. The summed E-state index contributed by atoms with van der Waals surface area (Å²) in [6.45, 7) is 3.20. The van der Waals surface area contributed by atoms with Crippen molar-refractivity contribution in [3.8, 4) is 0 Å². The zero-order valence-electron chi connectivity index (χ0n) is 12.2. The SMILES string of the molecule is CC1=NS(=O)ON1.CN1CC(=O)NS1(=O)=O.Cc1n[nH]c(=O)o1. The number of likely N-dealkylation sites (N-methyl/N-ethyl adjacent to an activating group) is 1. The normalized spacial score (nSPS) is 22.0. The minimum atomic E-state index is -3.44. The smallest absolute Gasteiger partial charge is 0.393 e. The molecule has 15 heteroatoms. The van der Waals surface area contributed by atoms with Crippen LogP contribution in [0.4, 0.5) is 0 Å². The Morgan fingerprint density at radius 2 is 1.96 bits per heavy atom. The summed E-state index contributed by atoms with van der Waals surface area (Å²) < 4.78 is 46.1. The number of hydrogen-bond donors (Lipinski definition) is 3. The standard InChI is InChI=1S/C3H6N2O3S.C3H4N2O2.C2H4N2O2S/c1-5-2-3(6)4-9(5,7)8;1-2-4-5-3(6)7-2;1-2-3-6-7(5)4-2/h2H2,1H3,(H,4,6);1H3,(H,5,6);1H3,(H,3,4). The van der Waals surface area contributed by atoms with E-state index in [1.54, 1.807) is 18.6 Å². The molecule has 13 nitrogen and oxygen atoms in total. The Hall–Kier alpha value is -2.10. The average Bonchev–Trinajstić information content (AvgIpc) is 3.03. The Morgan fingerprint density at radius 1 is 1.30 bits per heavy atom. The van der Waals surface area contributed by atoms with Gasteiger partial charge in [0.2, 0.25) is 11.8 Å². The number of H-pyrrole nitrogens is 1. The monoisotopic (exact) mass is 370 g/mol. The molecule has 0 spiro atoms. The molecule has 0 aliphatic carbocycles. The fourth-order valence-electron chi connectivity index (χ4n) is 1.09. The molecule has 0 saturated carbocycles. The lowest BCUT2D eigenvalue weighted by molar-refractivity contribution is -0.118. The number of aryl methyl sites for hydroxylation is 1. The fourth-order valence-corrected chi connectivity index (χ4v) is 2.38. The second kappa shape index (κ2) is 7.95. The van der Waals surface area contributed by atoms with Crippen LogP contribution in [0.3, 0.4) is 0 Å². The van der Waals surface area contributed by atoms with Gasteiger partial charge in [0.25, 0.3) is 0 Å². The maximum absolute atomic E-state index is 10.6. The zero-order valence-corrected chi connectivity index (χ0v) is 13.9. The van der Waals surface area contributed by atoms with Crippen LogP contribution in [0.15, 0.2) is 13.6 Å². The number of aromatic nitrogens is 2. The van der Waals surface area contributed by atoms with Gasteiger partial charge in [0.15, 0.2) is 0 Å². The van der Waals surface area contributed by atoms with E-state index in [0.29, 0.717) is 11.7 Å². The molecule has 1 fully saturated rings. The van der Waals surface area contributed by atoms with Gasteiger partial charge in [-0.2, -0.15) is 17.0 Å². The van der Waals surface area contributed by atoms with Crippen molar-refractivity contribution < 1.29 is 26.1 Å². The van der Waals surface area contributed by atoms with Gasteiger partial charge in [0.1, 0.15) is 5.84 Å². The molecule has 23 heavy (non-hydrogen) atoms. The first-order valence-electron chi connectivity index (χ1n) is 5.79. The van der Waals surface area contributed by atoms with Crippen molar-refractivity contribution in [1.29, 1.82) is 0 Å². The fraction of sp³-hybridized carbons (Fsp3) is 0.500. The number of hydroxylamine groups is 1. The molecule has 0 bridgehead atoms. The van der Waals surface area contributed by atoms with Gasteiger partial charge < -0.3 is 4.42 Å². The van der Waals surface area contributed by atoms with E-state index in [1.807, 2.05) is 0 Å². The second-order valence-electron chi connectivity index (χ2n) is 4.00. The summed E-state index contributed by atoms with van der Waals surface area (Å²) in [4.78, 5) is 20.3. The minimum absolute atomic E-state index is 0.0671. The molecule has 1 amide bonds. The van der Waals surface area contributed by atoms with Gasteiger partial charge in [0, 0.05) is 14.0 Å². The maximum Gasteiger partial charge on any atom is 0.434 e. The van der Waals surface area contributed by atoms with Gasteiger partial charge in [-0.15, -0.1) is 9.50 Å². The summed E-state index contributed by atoms with van der Waals surface area (Å²) in [6.07, 6.45) is 0. The van der Waals surface area contributed by atoms with E-state index in [4.69, 9.17) is 0 Å². The van der Waals surface area contributed by atoms with E-state index in [-0.39, 0.29) is 6.54 Å². The van der Waals surface area contributed by atoms with E-state index in [1.165, 1.54) is 7.05 Å². The van der Waals surface area contributed by atoms with Crippen LogP contribution in [0, 0.1) is 6.92 Å². The molecule has 3 rings (SSSR count). The molecule has 3 N–H and O–H groups in total. The van der Waals surface area contributed by atoms with Crippen LogP contribution in [-0.4, -0.2) is 52.5 Å². The lowest BCUT2D eigenvalue weighted by Gasteiger charge is -2.00. The third-order valence-corrected chi connectivity index (χ3v) is 4.12. The first-order valence-corrected chi connectivity index (χ1v) is 8.27. The first kappa shape index (κ1) is 18.9. The molecular formula is C8H14N6O7S2. The lowest BCUT2D eigenvalue weighted by Crippen LogP contribution is -2.26. The van der Waals surface area contributed by atoms with Gasteiger partial charge >= 0.3 is 27.2 Å². The van der Waals surface area contributed by atoms with Gasteiger partial charge in [-0.25, -0.2) is 24.3 Å². The highest BCUT2D eigenvalue weighted by atomic mass is 32.2. The van der Waals surface area contributed by atoms with Gasteiger partial charge in [-0.1, -0.05) is 0 Å². The Kier molecular flexibility index (Phi) is 6.55. The summed E-state index contributed by atoms with van der Waals surface area (Å²) in [7, 11) is -2.10. The number of hydrogen-bond acceptors (Lipinski definition) is 9. The third kappa shape index (κ3) is 6.68. The molecule has 3 heterocycles. The van der Waals surface area contributed by atoms with Crippen LogP contribution < -0.4 is 16.0 Å². The van der Waals surface area contributed by atoms with Crippen molar-refractivity contribution >= 4 is 33.2 Å². The predicted octanol–water partition coefficient (Wildman–Crippen LogP) is -2.52. The number of aromatic amines is 1. The van der Waals surface area contributed by atoms with Crippen molar-refractivity contribution in [3.05, 3.63) is 16.4 Å². The molecular weight excluding hydrogens is 356 g/mol. The van der Waals surface area contributed by atoms with Crippen LogP contribution in [0.25, 0.3) is 0 Å². The van der Waals surface area contributed by atoms with Crippen molar-refractivity contribution in [2.24, 2.45) is 4.40 Å². The van der Waals surface area contributed by atoms with Crippen LogP contribution in [0.2, 0.25) is 0 Å². The predicted molar refractivity (Wildman–Crippen MR) is 77.0 cm³/mol. The number of carbonyl (C=O) groups excluding carboxylic acids is 1. The Labute approximate surface area is 133 Å². The van der Waals surface area contributed by atoms with Gasteiger partial charge in [-0.3, -0.25) is 4.79 Å². The first-order chi connectivity index (χ1) is 10.6. The van der Waals surface area contributed by atoms with Gasteiger partial charge in [0.05, 0.1) is 6.54 Å². The molecule has 1 saturated heterocycles. The minimum Gasteiger partial charge on any atom is -0.393 e. The molecule has 1 aromatic heterocycles. The molecule has 1 aromatic rings. The van der Waals surface area contributed by atoms with Crippen LogP contribution in [0.5, 0.6) is 0 Å². The molecule has 1 atom stereocenters. The number of carbonyl (C=O) groups is 1. The summed E-state index contributed by atoms with van der Waals surface area (Å²) in [5.41, 5.74) is 2.32. The van der Waals surface area contributed by atoms with E-state index < -0.39 is 33.1 Å². The largest absolute Gasteiger partial charge is 0.434 e. The molecule has 0 aromatic carbocycles. The third-order valence-electron chi connectivity index (χ3n) is 2.04. The van der Waals surface area contributed by atoms with Crippen LogP contribution in [-0.2, 0) is 30.6 Å². The summed E-state index contributed by atoms with van der Waals surface area (Å²) >= 11 is -1.48. The van der Waals surface area contributed by atoms with Crippen LogP contribution >= 0.6 is 0 Å². The lowest BCUT2D eigenvalue weighted by atomic mass is 10.6. The highest BCUT2D eigenvalue weighted by Crippen LogP contribution is 1.99. The number of nitrogens with one attached hydrogen (secondary N) is 3. The van der Waals surface area contributed by atoms with Crippen molar-refractivity contribution in [2.45, 2.75) is 13.8 Å². The highest BCUT2D eigenvalue weighted by molar-refractivity contribution is 7.88. The molecule has 0 radical (unpaired) electrons. The van der Waals surface area contributed by atoms with E-state index in [9.17, 15) is 22.2 Å². The second-order valence-corrected chi connectivity index (χ2v) is 6.56. The molecule has 130 valence electrons. The van der Waals surface area contributed by atoms with Crippen molar-refractivity contribution in [3.63, 3.8) is 0 Å². The maximum atomic E-state index is 10.6.